The largest absolute Gasteiger partial charge is 0.507 e. The van der Waals surface area contributed by atoms with Crippen molar-refractivity contribution in [3.05, 3.63) is 64.2 Å². The molecule has 6 nitrogen and oxygen atoms in total. The molecule has 0 saturated carbocycles. The predicted octanol–water partition coefficient (Wildman–Crippen LogP) is 2.17. The molecule has 0 aromatic heterocycles. The van der Waals surface area contributed by atoms with Crippen LogP contribution in [-0.4, -0.2) is 54.5 Å². The molecule has 1 fully saturated rings. The minimum absolute atomic E-state index is 0.0596. The van der Waals surface area contributed by atoms with E-state index in [1.54, 1.807) is 30.3 Å². The smallest absolute Gasteiger partial charge is 0.198 e. The summed E-state index contributed by atoms with van der Waals surface area (Å²) >= 11 is 0. The number of ketones is 2. The van der Waals surface area contributed by atoms with Crippen LogP contribution in [0.3, 0.4) is 0 Å². The summed E-state index contributed by atoms with van der Waals surface area (Å²) in [4.78, 5) is 26.5. The highest BCUT2D eigenvalue weighted by Gasteiger charge is 2.50. The van der Waals surface area contributed by atoms with Gasteiger partial charge in [0.1, 0.15) is 18.8 Å². The molecular weight excluding hydrogens is 356 g/mol. The average Bonchev–Trinajstić information content (AvgIpc) is 2.71. The highest BCUT2D eigenvalue weighted by molar-refractivity contribution is 6.29. The van der Waals surface area contributed by atoms with Crippen LogP contribution in [0, 0.1) is 0 Å². The molecular formula is C22H25N2O4+. The van der Waals surface area contributed by atoms with Gasteiger partial charge in [-0.1, -0.05) is 31.2 Å². The minimum Gasteiger partial charge on any atom is -0.507 e. The monoisotopic (exact) mass is 381 g/mol. The second-order valence-corrected chi connectivity index (χ2v) is 7.82. The molecule has 1 aliphatic heterocycles. The number of nitrogens with two attached hydrogens (primary N) is 1. The van der Waals surface area contributed by atoms with Crippen LogP contribution in [0.25, 0.3) is 0 Å². The molecule has 0 radical (unpaired) electrons. The van der Waals surface area contributed by atoms with Gasteiger partial charge in [-0.25, -0.2) is 0 Å². The van der Waals surface area contributed by atoms with Crippen LogP contribution in [0.1, 0.15) is 50.8 Å². The first-order valence-corrected chi connectivity index (χ1v) is 9.60. The van der Waals surface area contributed by atoms with Crippen LogP contribution in [0.4, 0.5) is 0 Å². The SMILES string of the molecule is CCC(N)(c1ccc(O)c2c1C(=O)c1ccccc1C2=O)[N+]1(C)CCOCC1. The molecule has 4 rings (SSSR count). The number of ether oxygens (including phenoxy) is 1. The third kappa shape index (κ3) is 2.45. The van der Waals surface area contributed by atoms with E-state index >= 15 is 0 Å². The first-order chi connectivity index (χ1) is 13.3. The third-order valence-electron chi connectivity index (χ3n) is 6.48. The number of morpholine rings is 1. The van der Waals surface area contributed by atoms with Gasteiger partial charge in [0.25, 0.3) is 0 Å². The van der Waals surface area contributed by atoms with Crippen LogP contribution >= 0.6 is 0 Å². The Labute approximate surface area is 164 Å². The zero-order valence-corrected chi connectivity index (χ0v) is 16.2. The summed E-state index contributed by atoms with van der Waals surface area (Å²) in [6, 6.07) is 9.92. The number of carbonyl (C=O) groups is 2. The highest BCUT2D eigenvalue weighted by atomic mass is 16.5. The number of fused-ring (bicyclic) bond motifs is 2. The lowest BCUT2D eigenvalue weighted by atomic mass is 9.77. The number of nitrogens with zero attached hydrogens (tertiary/aromatic N) is 1. The second-order valence-electron chi connectivity index (χ2n) is 7.82. The number of quaternary nitrogens is 1. The van der Waals surface area contributed by atoms with Gasteiger partial charge in [0.15, 0.2) is 17.2 Å². The van der Waals surface area contributed by atoms with E-state index in [2.05, 4.69) is 7.05 Å². The Kier molecular flexibility index (Phi) is 4.38. The lowest BCUT2D eigenvalue weighted by Crippen LogP contribution is -2.68. The van der Waals surface area contributed by atoms with Gasteiger partial charge in [-0.3, -0.25) is 15.3 Å². The van der Waals surface area contributed by atoms with Crippen LogP contribution in [0.15, 0.2) is 36.4 Å². The van der Waals surface area contributed by atoms with E-state index in [9.17, 15) is 14.7 Å². The molecule has 2 aromatic rings. The zero-order valence-electron chi connectivity index (χ0n) is 16.2. The summed E-state index contributed by atoms with van der Waals surface area (Å²) in [5.41, 5.74) is 7.70. The first-order valence-electron chi connectivity index (χ1n) is 9.60. The van der Waals surface area contributed by atoms with Crippen molar-refractivity contribution < 1.29 is 23.9 Å². The summed E-state index contributed by atoms with van der Waals surface area (Å²) in [5, 5.41) is 10.5. The van der Waals surface area contributed by atoms with Gasteiger partial charge in [-0.05, 0) is 12.1 Å². The van der Waals surface area contributed by atoms with Crippen molar-refractivity contribution in [2.75, 3.05) is 33.4 Å². The molecule has 28 heavy (non-hydrogen) atoms. The predicted molar refractivity (Wildman–Crippen MR) is 104 cm³/mol. The Morgan fingerprint density at radius 3 is 2.18 bits per heavy atom. The van der Waals surface area contributed by atoms with Crippen molar-refractivity contribution in [3.8, 4) is 5.75 Å². The third-order valence-corrected chi connectivity index (χ3v) is 6.48. The summed E-state index contributed by atoms with van der Waals surface area (Å²) in [6.45, 7) is 4.58. The van der Waals surface area contributed by atoms with Crippen LogP contribution < -0.4 is 5.73 Å². The fraction of sp³-hybridized carbons (Fsp3) is 0.364. The molecule has 1 aliphatic carbocycles. The van der Waals surface area contributed by atoms with E-state index in [4.69, 9.17) is 10.5 Å². The molecule has 6 heteroatoms. The maximum absolute atomic E-state index is 13.4. The number of aromatic hydroxyl groups is 1. The average molecular weight is 381 g/mol. The van der Waals surface area contributed by atoms with E-state index < -0.39 is 5.66 Å². The molecule has 0 amide bonds. The van der Waals surface area contributed by atoms with Crippen molar-refractivity contribution in [2.45, 2.75) is 19.0 Å². The second kappa shape index (κ2) is 6.51. The van der Waals surface area contributed by atoms with Gasteiger partial charge < -0.3 is 14.3 Å². The van der Waals surface area contributed by atoms with Crippen molar-refractivity contribution in [1.29, 1.82) is 0 Å². The van der Waals surface area contributed by atoms with Crippen LogP contribution in [0.2, 0.25) is 0 Å². The Balaban J connectivity index is 1.98. The van der Waals surface area contributed by atoms with E-state index in [-0.39, 0.29) is 28.4 Å². The molecule has 3 N–H and O–H groups in total. The molecule has 0 spiro atoms. The van der Waals surface area contributed by atoms with E-state index in [1.165, 1.54) is 6.07 Å². The van der Waals surface area contributed by atoms with Crippen molar-refractivity contribution in [3.63, 3.8) is 0 Å². The zero-order chi connectivity index (χ0) is 20.1. The molecule has 2 aromatic carbocycles. The number of likely N-dealkylation sites (N-methyl/N-ethyl adjacent to an activating group) is 1. The normalized spacial score (nSPS) is 20.2. The quantitative estimate of drug-likeness (QED) is 0.679. The van der Waals surface area contributed by atoms with Crippen molar-refractivity contribution in [1.82, 2.24) is 0 Å². The minimum atomic E-state index is -0.885. The van der Waals surface area contributed by atoms with Gasteiger partial charge in [0.05, 0.1) is 25.8 Å². The topological polar surface area (TPSA) is 89.6 Å². The first kappa shape index (κ1) is 18.8. The molecule has 146 valence electrons. The van der Waals surface area contributed by atoms with E-state index in [0.717, 1.165) is 0 Å². The Bertz CT molecular complexity index is 978. The van der Waals surface area contributed by atoms with Gasteiger partial charge in [-0.2, -0.15) is 0 Å². The number of benzene rings is 2. The Hall–Kier alpha value is -2.54. The number of phenolic OH excluding ortho intramolecular Hbond substituents is 1. The number of hydrogen-bond acceptors (Lipinski definition) is 5. The highest BCUT2D eigenvalue weighted by Crippen LogP contribution is 2.42. The number of phenols is 1. The van der Waals surface area contributed by atoms with Crippen LogP contribution in [-0.2, 0) is 10.4 Å². The molecule has 0 bridgehead atoms. The molecule has 1 heterocycles. The van der Waals surface area contributed by atoms with Crippen molar-refractivity contribution in [2.24, 2.45) is 5.73 Å². The molecule has 1 saturated heterocycles. The molecule has 1 atom stereocenters. The summed E-state index contributed by atoms with van der Waals surface area (Å²) in [7, 11) is 2.06. The Morgan fingerprint density at radius 2 is 1.61 bits per heavy atom. The lowest BCUT2D eigenvalue weighted by molar-refractivity contribution is -0.973. The maximum Gasteiger partial charge on any atom is 0.198 e. The van der Waals surface area contributed by atoms with Gasteiger partial charge >= 0.3 is 0 Å². The Morgan fingerprint density at radius 1 is 1.04 bits per heavy atom. The van der Waals surface area contributed by atoms with Gasteiger partial charge in [0.2, 0.25) is 0 Å². The maximum atomic E-state index is 13.4. The van der Waals surface area contributed by atoms with E-state index in [1.807, 2.05) is 6.92 Å². The fourth-order valence-electron chi connectivity index (χ4n) is 4.57. The lowest BCUT2D eigenvalue weighted by Gasteiger charge is -2.51. The standard InChI is InChI=1S/C22H24N2O4/c1-3-22(23,24(2)10-12-28-13-11-24)16-8-9-17(25)19-18(16)20(26)14-6-4-5-7-15(14)21(19)27/h4-9H,3,10-13,23H2,1-2H3/p+1. The summed E-state index contributed by atoms with van der Waals surface area (Å²) < 4.78 is 6.03. The molecule has 1 unspecified atom stereocenters. The molecule has 2 aliphatic rings. The number of rotatable bonds is 3. The van der Waals surface area contributed by atoms with Crippen LogP contribution in [0.5, 0.6) is 5.75 Å². The fourth-order valence-corrected chi connectivity index (χ4v) is 4.57. The van der Waals surface area contributed by atoms with E-state index in [0.29, 0.717) is 53.9 Å². The van der Waals surface area contributed by atoms with Gasteiger partial charge in [-0.15, -0.1) is 0 Å². The summed E-state index contributed by atoms with van der Waals surface area (Å²) in [6.07, 6.45) is 0.573. The summed E-state index contributed by atoms with van der Waals surface area (Å²) in [5.74, 6) is -0.790. The number of carbonyl (C=O) groups excluding carboxylic acids is 2. The van der Waals surface area contributed by atoms with Crippen molar-refractivity contribution >= 4 is 11.6 Å². The van der Waals surface area contributed by atoms with Gasteiger partial charge in [0, 0.05) is 28.7 Å². The number of hydrogen-bond donors (Lipinski definition) is 2.